The molecule has 1 aromatic rings. The number of esters is 1. The molecule has 2 aliphatic rings. The van der Waals surface area contributed by atoms with Crippen molar-refractivity contribution in [1.29, 1.82) is 0 Å². The predicted octanol–water partition coefficient (Wildman–Crippen LogP) is 3.94. The number of carbonyl (C=O) groups excluding carboxylic acids is 2. The maximum absolute atomic E-state index is 13.0. The lowest BCUT2D eigenvalue weighted by Crippen LogP contribution is -2.43. The quantitative estimate of drug-likeness (QED) is 0.831. The lowest BCUT2D eigenvalue weighted by molar-refractivity contribution is -0.144. The summed E-state index contributed by atoms with van der Waals surface area (Å²) in [5.74, 6) is -1.10. The number of Topliss-reactive ketones (excluding diaryl/α,β-unsaturated/α-hetero) is 1. The van der Waals surface area contributed by atoms with Crippen LogP contribution in [0.15, 0.2) is 35.7 Å². The second-order valence-electron chi connectivity index (χ2n) is 7.62. The Morgan fingerprint density at radius 2 is 2.12 bits per heavy atom. The molecule has 0 aromatic carbocycles. The van der Waals surface area contributed by atoms with Crippen molar-refractivity contribution < 1.29 is 14.3 Å². The summed E-state index contributed by atoms with van der Waals surface area (Å²) in [7, 11) is 1.38. The van der Waals surface area contributed by atoms with E-state index in [9.17, 15) is 9.59 Å². The fourth-order valence-corrected chi connectivity index (χ4v) is 5.01. The topological polar surface area (TPSA) is 55.4 Å². The molecule has 5 heteroatoms. The maximum atomic E-state index is 13.0. The van der Waals surface area contributed by atoms with Crippen LogP contribution in [0, 0.1) is 11.3 Å². The summed E-state index contributed by atoms with van der Waals surface area (Å²) in [5, 5.41) is 3.26. The highest BCUT2D eigenvalue weighted by Gasteiger charge is 2.47. The van der Waals surface area contributed by atoms with Crippen LogP contribution in [-0.2, 0) is 20.7 Å². The summed E-state index contributed by atoms with van der Waals surface area (Å²) in [6, 6.07) is 4.12. The van der Waals surface area contributed by atoms with Crippen molar-refractivity contribution in [1.82, 2.24) is 5.32 Å². The number of thiophene rings is 1. The molecule has 0 saturated carbocycles. The highest BCUT2D eigenvalue weighted by atomic mass is 32.1. The van der Waals surface area contributed by atoms with Crippen LogP contribution >= 0.6 is 11.3 Å². The fraction of sp³-hybridized carbons (Fsp3) is 0.500. The molecule has 4 nitrogen and oxygen atoms in total. The van der Waals surface area contributed by atoms with E-state index in [1.54, 1.807) is 11.3 Å². The largest absolute Gasteiger partial charge is 0.468 e. The minimum absolute atomic E-state index is 0.0874. The molecule has 2 unspecified atom stereocenters. The Hall–Kier alpha value is -1.88. The molecule has 0 fully saturated rings. The van der Waals surface area contributed by atoms with E-state index < -0.39 is 5.92 Å². The second kappa shape index (κ2) is 6.45. The van der Waals surface area contributed by atoms with Crippen molar-refractivity contribution in [2.75, 3.05) is 7.11 Å². The molecule has 1 aliphatic carbocycles. The van der Waals surface area contributed by atoms with E-state index in [1.807, 2.05) is 6.07 Å². The molecule has 0 radical (unpaired) electrons. The third kappa shape index (κ3) is 3.17. The highest BCUT2D eigenvalue weighted by molar-refractivity contribution is 7.12. The molecule has 1 aromatic heterocycles. The smallest absolute Gasteiger partial charge is 0.315 e. The molecule has 2 atom stereocenters. The van der Waals surface area contributed by atoms with E-state index in [1.165, 1.54) is 12.0 Å². The number of hydrogen-bond donors (Lipinski definition) is 1. The van der Waals surface area contributed by atoms with E-state index in [0.717, 1.165) is 29.0 Å². The summed E-state index contributed by atoms with van der Waals surface area (Å²) in [4.78, 5) is 27.8. The van der Waals surface area contributed by atoms with Gasteiger partial charge in [0.05, 0.1) is 7.11 Å². The number of carbonyl (C=O) groups is 2. The first-order chi connectivity index (χ1) is 11.8. The van der Waals surface area contributed by atoms with Gasteiger partial charge in [0.1, 0.15) is 5.92 Å². The average molecular weight is 359 g/mol. The van der Waals surface area contributed by atoms with Crippen LogP contribution in [-0.4, -0.2) is 18.9 Å². The minimum Gasteiger partial charge on any atom is -0.468 e. The molecule has 25 heavy (non-hydrogen) atoms. The Labute approximate surface area is 153 Å². The van der Waals surface area contributed by atoms with Gasteiger partial charge in [0, 0.05) is 39.1 Å². The van der Waals surface area contributed by atoms with Gasteiger partial charge in [0.2, 0.25) is 0 Å². The van der Waals surface area contributed by atoms with Gasteiger partial charge in [0.15, 0.2) is 5.78 Å². The predicted molar refractivity (Wildman–Crippen MR) is 99.3 cm³/mol. The van der Waals surface area contributed by atoms with Gasteiger partial charge in [0.25, 0.3) is 0 Å². The van der Waals surface area contributed by atoms with Gasteiger partial charge >= 0.3 is 5.97 Å². The van der Waals surface area contributed by atoms with Gasteiger partial charge in [-0.3, -0.25) is 9.59 Å². The summed E-state index contributed by atoms with van der Waals surface area (Å²) < 4.78 is 5.03. The monoisotopic (exact) mass is 359 g/mol. The van der Waals surface area contributed by atoms with Crippen molar-refractivity contribution in [3.8, 4) is 0 Å². The molecule has 134 valence electrons. The lowest BCUT2D eigenvalue weighted by atomic mass is 9.68. The van der Waals surface area contributed by atoms with Crippen molar-refractivity contribution in [2.45, 2.75) is 46.0 Å². The van der Waals surface area contributed by atoms with E-state index in [-0.39, 0.29) is 23.1 Å². The van der Waals surface area contributed by atoms with Crippen molar-refractivity contribution in [3.63, 3.8) is 0 Å². The SMILES string of the molecule is C=C1NC2=C(C(=O)CC(C)(C)C2)C(c2ccc(CC)s2)C1C(=O)OC. The summed E-state index contributed by atoms with van der Waals surface area (Å²) in [6.45, 7) is 10.4. The van der Waals surface area contributed by atoms with E-state index in [2.05, 4.69) is 38.7 Å². The van der Waals surface area contributed by atoms with Gasteiger partial charge in [-0.2, -0.15) is 0 Å². The Morgan fingerprint density at radius 3 is 2.72 bits per heavy atom. The zero-order valence-electron chi connectivity index (χ0n) is 15.3. The number of nitrogens with one attached hydrogen (secondary N) is 1. The molecule has 3 rings (SSSR count). The molecular formula is C20H25NO3S. The number of allylic oxidation sites excluding steroid dienone is 2. The Balaban J connectivity index is 2.16. The van der Waals surface area contributed by atoms with Crippen LogP contribution in [0.25, 0.3) is 0 Å². The highest BCUT2D eigenvalue weighted by Crippen LogP contribution is 2.49. The van der Waals surface area contributed by atoms with Crippen LogP contribution in [0.3, 0.4) is 0 Å². The van der Waals surface area contributed by atoms with Gasteiger partial charge in [-0.05, 0) is 30.4 Å². The van der Waals surface area contributed by atoms with Gasteiger partial charge < -0.3 is 10.1 Å². The average Bonchev–Trinajstić information content (AvgIpc) is 3.00. The van der Waals surface area contributed by atoms with Crippen LogP contribution in [0.4, 0.5) is 0 Å². The maximum Gasteiger partial charge on any atom is 0.315 e. The number of ether oxygens (including phenoxy) is 1. The zero-order chi connectivity index (χ0) is 18.4. The van der Waals surface area contributed by atoms with E-state index in [0.29, 0.717) is 12.1 Å². The normalized spacial score (nSPS) is 25.4. The van der Waals surface area contributed by atoms with Crippen LogP contribution in [0.5, 0.6) is 0 Å². The van der Waals surface area contributed by atoms with E-state index in [4.69, 9.17) is 4.74 Å². The number of rotatable bonds is 3. The minimum atomic E-state index is -0.572. The molecule has 1 aliphatic heterocycles. The summed E-state index contributed by atoms with van der Waals surface area (Å²) in [6.07, 6.45) is 2.21. The molecule has 0 bridgehead atoms. The Bertz CT molecular complexity index is 772. The van der Waals surface area contributed by atoms with Gasteiger partial charge in [-0.25, -0.2) is 0 Å². The molecule has 0 amide bonds. The number of ketones is 1. The fourth-order valence-electron chi connectivity index (χ4n) is 3.91. The van der Waals surface area contributed by atoms with E-state index >= 15 is 0 Å². The standard InChI is InChI=1S/C20H25NO3S/c1-6-12-7-8-15(25-12)18-16(19(23)24-5)11(2)21-13-9-20(3,4)10-14(22)17(13)18/h7-8,16,18,21H,2,6,9-10H2,1,3-5H3. The van der Waals surface area contributed by atoms with Crippen LogP contribution in [0.2, 0.25) is 0 Å². The first kappa shape index (κ1) is 17.9. The first-order valence-electron chi connectivity index (χ1n) is 8.66. The molecular weight excluding hydrogens is 334 g/mol. The molecule has 1 N–H and O–H groups in total. The second-order valence-corrected chi connectivity index (χ2v) is 8.82. The Kier molecular flexibility index (Phi) is 4.62. The van der Waals surface area contributed by atoms with Crippen molar-refractivity contribution in [3.05, 3.63) is 45.4 Å². The third-order valence-electron chi connectivity index (χ3n) is 5.04. The summed E-state index contributed by atoms with van der Waals surface area (Å²) in [5.41, 5.74) is 2.19. The first-order valence-corrected chi connectivity index (χ1v) is 9.47. The Morgan fingerprint density at radius 1 is 1.40 bits per heavy atom. The van der Waals surface area contributed by atoms with Gasteiger partial charge in [-0.15, -0.1) is 11.3 Å². The van der Waals surface area contributed by atoms with Crippen molar-refractivity contribution in [2.24, 2.45) is 11.3 Å². The number of methoxy groups -OCH3 is 1. The molecule has 0 saturated heterocycles. The van der Waals surface area contributed by atoms with Gasteiger partial charge in [-0.1, -0.05) is 27.4 Å². The zero-order valence-corrected chi connectivity index (χ0v) is 16.1. The van der Waals surface area contributed by atoms with Crippen molar-refractivity contribution >= 4 is 23.1 Å². The van der Waals surface area contributed by atoms with Crippen LogP contribution < -0.4 is 5.32 Å². The number of aryl methyl sites for hydroxylation is 1. The molecule has 0 spiro atoms. The van der Waals surface area contributed by atoms with Crippen LogP contribution in [0.1, 0.15) is 49.3 Å². The third-order valence-corrected chi connectivity index (χ3v) is 6.36. The number of hydrogen-bond acceptors (Lipinski definition) is 5. The molecule has 2 heterocycles. The summed E-state index contributed by atoms with van der Waals surface area (Å²) >= 11 is 1.67. The lowest BCUT2D eigenvalue weighted by Gasteiger charge is -2.41.